The van der Waals surface area contributed by atoms with E-state index in [-0.39, 0.29) is 5.92 Å². The summed E-state index contributed by atoms with van der Waals surface area (Å²) in [7, 11) is 0. The number of hydrogen-bond acceptors (Lipinski definition) is 2. The number of carboxylic acids is 2. The van der Waals surface area contributed by atoms with Crippen LogP contribution in [-0.4, -0.2) is 22.2 Å². The second-order valence-corrected chi connectivity index (χ2v) is 5.48. The molecule has 1 aliphatic carbocycles. The van der Waals surface area contributed by atoms with Gasteiger partial charge in [0.15, 0.2) is 0 Å². The third kappa shape index (κ3) is 3.47. The van der Waals surface area contributed by atoms with Crippen LogP contribution in [0.2, 0.25) is 0 Å². The lowest BCUT2D eigenvalue weighted by atomic mass is 9.65. The molecule has 0 spiro atoms. The van der Waals surface area contributed by atoms with E-state index in [1.165, 1.54) is 0 Å². The molecule has 0 aromatic heterocycles. The summed E-state index contributed by atoms with van der Waals surface area (Å²) in [5.74, 6) is -2.87. The second kappa shape index (κ2) is 6.76. The molecular weight excluding hydrogens is 232 g/mol. The summed E-state index contributed by atoms with van der Waals surface area (Å²) < 4.78 is 0. The molecule has 0 heterocycles. The van der Waals surface area contributed by atoms with Gasteiger partial charge in [-0.05, 0) is 31.1 Å². The normalized spacial score (nSPS) is 32.1. The molecule has 1 saturated carbocycles. The van der Waals surface area contributed by atoms with E-state index >= 15 is 0 Å². The highest BCUT2D eigenvalue weighted by atomic mass is 16.4. The van der Waals surface area contributed by atoms with Crippen molar-refractivity contribution in [3.05, 3.63) is 0 Å². The standard InChI is InChI=1S/C14H24O4/c1-3-5-9-7-10(6-4-2)12(14(17)18)11(8-9)13(15)16/h9-12H,3-8H2,1-2H3,(H,15,16)(H,17,18). The first kappa shape index (κ1) is 15.0. The number of hydrogen-bond donors (Lipinski definition) is 2. The van der Waals surface area contributed by atoms with Crippen LogP contribution >= 0.6 is 0 Å². The topological polar surface area (TPSA) is 74.6 Å². The van der Waals surface area contributed by atoms with Crippen LogP contribution in [0.4, 0.5) is 0 Å². The molecule has 0 aromatic rings. The van der Waals surface area contributed by atoms with Crippen LogP contribution in [0.1, 0.15) is 52.4 Å². The minimum absolute atomic E-state index is 0.0268. The van der Waals surface area contributed by atoms with Crippen molar-refractivity contribution in [2.45, 2.75) is 52.4 Å². The molecule has 0 bridgehead atoms. The van der Waals surface area contributed by atoms with E-state index in [4.69, 9.17) is 0 Å². The Balaban J connectivity index is 2.89. The van der Waals surface area contributed by atoms with Gasteiger partial charge in [-0.15, -0.1) is 0 Å². The summed E-state index contributed by atoms with van der Waals surface area (Å²) in [6, 6.07) is 0. The van der Waals surface area contributed by atoms with E-state index in [9.17, 15) is 19.8 Å². The lowest BCUT2D eigenvalue weighted by molar-refractivity contribution is -0.160. The number of rotatable bonds is 6. The highest BCUT2D eigenvalue weighted by Gasteiger charge is 2.44. The Morgan fingerprint density at radius 1 is 1.00 bits per heavy atom. The lowest BCUT2D eigenvalue weighted by Crippen LogP contribution is -2.41. The molecule has 1 rings (SSSR count). The summed E-state index contributed by atoms with van der Waals surface area (Å²) >= 11 is 0. The third-order valence-corrected chi connectivity index (χ3v) is 4.12. The van der Waals surface area contributed by atoms with Gasteiger partial charge in [-0.2, -0.15) is 0 Å². The predicted octanol–water partition coefficient (Wildman–Crippen LogP) is 3.01. The van der Waals surface area contributed by atoms with E-state index in [0.717, 1.165) is 32.1 Å². The number of aliphatic carboxylic acids is 2. The molecule has 104 valence electrons. The molecule has 4 nitrogen and oxygen atoms in total. The van der Waals surface area contributed by atoms with Crippen molar-refractivity contribution in [1.82, 2.24) is 0 Å². The van der Waals surface area contributed by atoms with Gasteiger partial charge in [0.1, 0.15) is 0 Å². The molecule has 1 fully saturated rings. The minimum Gasteiger partial charge on any atom is -0.481 e. The Labute approximate surface area is 108 Å². The number of carboxylic acid groups (broad SMARTS) is 2. The van der Waals surface area contributed by atoms with Gasteiger partial charge in [0.25, 0.3) is 0 Å². The fourth-order valence-corrected chi connectivity index (χ4v) is 3.45. The third-order valence-electron chi connectivity index (χ3n) is 4.12. The Kier molecular flexibility index (Phi) is 5.63. The molecule has 0 radical (unpaired) electrons. The monoisotopic (exact) mass is 256 g/mol. The van der Waals surface area contributed by atoms with E-state index in [1.807, 2.05) is 6.92 Å². The summed E-state index contributed by atoms with van der Waals surface area (Å²) in [6.07, 6.45) is 5.19. The van der Waals surface area contributed by atoms with E-state index in [2.05, 4.69) is 6.92 Å². The maximum atomic E-state index is 11.4. The highest BCUT2D eigenvalue weighted by Crippen LogP contribution is 2.42. The second-order valence-electron chi connectivity index (χ2n) is 5.48. The average Bonchev–Trinajstić information content (AvgIpc) is 2.28. The fourth-order valence-electron chi connectivity index (χ4n) is 3.45. The van der Waals surface area contributed by atoms with E-state index in [1.54, 1.807) is 0 Å². The fraction of sp³-hybridized carbons (Fsp3) is 0.857. The summed E-state index contributed by atoms with van der Waals surface area (Å²) in [5.41, 5.74) is 0. The Morgan fingerprint density at radius 2 is 1.61 bits per heavy atom. The zero-order valence-corrected chi connectivity index (χ0v) is 11.3. The first-order chi connectivity index (χ1) is 8.51. The first-order valence-corrected chi connectivity index (χ1v) is 6.96. The molecule has 1 aliphatic rings. The summed E-state index contributed by atoms with van der Waals surface area (Å²) in [4.78, 5) is 22.7. The van der Waals surface area contributed by atoms with Crippen molar-refractivity contribution in [3.63, 3.8) is 0 Å². The van der Waals surface area contributed by atoms with Crippen LogP contribution in [0.15, 0.2) is 0 Å². The van der Waals surface area contributed by atoms with Gasteiger partial charge >= 0.3 is 11.9 Å². The molecular formula is C14H24O4. The molecule has 18 heavy (non-hydrogen) atoms. The van der Waals surface area contributed by atoms with Crippen LogP contribution < -0.4 is 0 Å². The molecule has 0 aromatic carbocycles. The molecule has 0 aliphatic heterocycles. The number of carbonyl (C=O) groups is 2. The van der Waals surface area contributed by atoms with Crippen molar-refractivity contribution < 1.29 is 19.8 Å². The van der Waals surface area contributed by atoms with Gasteiger partial charge < -0.3 is 10.2 Å². The highest BCUT2D eigenvalue weighted by molar-refractivity contribution is 5.80. The van der Waals surface area contributed by atoms with Crippen LogP contribution in [0.5, 0.6) is 0 Å². The van der Waals surface area contributed by atoms with Crippen molar-refractivity contribution in [3.8, 4) is 0 Å². The molecule has 4 atom stereocenters. The Hall–Kier alpha value is -1.06. The average molecular weight is 256 g/mol. The van der Waals surface area contributed by atoms with Crippen LogP contribution in [0, 0.1) is 23.7 Å². The van der Waals surface area contributed by atoms with Gasteiger partial charge in [-0.25, -0.2) is 0 Å². The summed E-state index contributed by atoms with van der Waals surface area (Å²) in [5, 5.41) is 18.6. The van der Waals surface area contributed by atoms with Gasteiger partial charge in [-0.3, -0.25) is 9.59 Å². The maximum Gasteiger partial charge on any atom is 0.307 e. The van der Waals surface area contributed by atoms with Crippen LogP contribution in [0.3, 0.4) is 0 Å². The molecule has 0 amide bonds. The summed E-state index contributed by atoms with van der Waals surface area (Å²) in [6.45, 7) is 4.12. The van der Waals surface area contributed by atoms with Crippen molar-refractivity contribution in [2.75, 3.05) is 0 Å². The quantitative estimate of drug-likeness (QED) is 0.766. The molecule has 0 saturated heterocycles. The van der Waals surface area contributed by atoms with Crippen molar-refractivity contribution >= 4 is 11.9 Å². The van der Waals surface area contributed by atoms with Gasteiger partial charge in [0, 0.05) is 0 Å². The smallest absolute Gasteiger partial charge is 0.307 e. The Bertz CT molecular complexity index is 300. The minimum atomic E-state index is -0.940. The molecule has 4 unspecified atom stereocenters. The largest absolute Gasteiger partial charge is 0.481 e. The van der Waals surface area contributed by atoms with E-state index < -0.39 is 23.8 Å². The Morgan fingerprint density at radius 3 is 2.06 bits per heavy atom. The lowest BCUT2D eigenvalue weighted by Gasteiger charge is -2.38. The zero-order valence-electron chi connectivity index (χ0n) is 11.3. The zero-order chi connectivity index (χ0) is 13.7. The van der Waals surface area contributed by atoms with Crippen LogP contribution in [-0.2, 0) is 9.59 Å². The van der Waals surface area contributed by atoms with Crippen molar-refractivity contribution in [1.29, 1.82) is 0 Å². The first-order valence-electron chi connectivity index (χ1n) is 6.96. The van der Waals surface area contributed by atoms with Crippen molar-refractivity contribution in [2.24, 2.45) is 23.7 Å². The van der Waals surface area contributed by atoms with E-state index in [0.29, 0.717) is 12.3 Å². The van der Waals surface area contributed by atoms with Crippen LogP contribution in [0.25, 0.3) is 0 Å². The van der Waals surface area contributed by atoms with Gasteiger partial charge in [-0.1, -0.05) is 33.1 Å². The molecule has 4 heteroatoms. The predicted molar refractivity (Wildman–Crippen MR) is 68.3 cm³/mol. The molecule has 2 N–H and O–H groups in total. The van der Waals surface area contributed by atoms with Gasteiger partial charge in [0.2, 0.25) is 0 Å². The maximum absolute atomic E-state index is 11.4. The van der Waals surface area contributed by atoms with Gasteiger partial charge in [0.05, 0.1) is 11.8 Å². The SMILES string of the molecule is CCCC1CC(CCC)C(C(=O)O)C(C(=O)O)C1.